The first-order valence-corrected chi connectivity index (χ1v) is 9.16. The number of carbonyl (C=O) groups excluding carboxylic acids is 1. The molecule has 25 heavy (non-hydrogen) atoms. The Kier molecular flexibility index (Phi) is 3.98. The Morgan fingerprint density at radius 1 is 1.28 bits per heavy atom. The van der Waals surface area contributed by atoms with Crippen LogP contribution in [-0.4, -0.2) is 26.8 Å². The normalized spacial score (nSPS) is 19.8. The van der Waals surface area contributed by atoms with Crippen LogP contribution in [0.15, 0.2) is 24.3 Å². The van der Waals surface area contributed by atoms with Crippen LogP contribution in [0.25, 0.3) is 0 Å². The lowest BCUT2D eigenvalue weighted by molar-refractivity contribution is 0.236. The van der Waals surface area contributed by atoms with Crippen LogP contribution in [0.5, 0.6) is 0 Å². The average molecular weight is 339 g/mol. The highest BCUT2D eigenvalue weighted by Gasteiger charge is 2.34. The van der Waals surface area contributed by atoms with Crippen molar-refractivity contribution in [3.63, 3.8) is 0 Å². The summed E-state index contributed by atoms with van der Waals surface area (Å²) in [6.07, 6.45) is 2.98. The number of benzene rings is 1. The zero-order chi connectivity index (χ0) is 17.6. The van der Waals surface area contributed by atoms with Gasteiger partial charge in [0.1, 0.15) is 5.82 Å². The largest absolute Gasteiger partial charge is 0.327 e. The number of hydrogen-bond acceptors (Lipinski definition) is 3. The minimum absolute atomic E-state index is 0.0495. The molecule has 0 bridgehead atoms. The molecule has 4 rings (SSSR count). The molecule has 0 fully saturated rings. The summed E-state index contributed by atoms with van der Waals surface area (Å²) < 4.78 is 2.17. The number of anilines is 1. The van der Waals surface area contributed by atoms with Crippen molar-refractivity contribution in [1.82, 2.24) is 20.1 Å². The van der Waals surface area contributed by atoms with Crippen LogP contribution in [-0.2, 0) is 19.4 Å². The second kappa shape index (κ2) is 6.17. The van der Waals surface area contributed by atoms with Crippen molar-refractivity contribution in [2.24, 2.45) is 5.92 Å². The lowest BCUT2D eigenvalue weighted by Gasteiger charge is -2.28. The highest BCUT2D eigenvalue weighted by atomic mass is 16.2. The van der Waals surface area contributed by atoms with Crippen molar-refractivity contribution in [3.8, 4) is 0 Å². The molecule has 0 spiro atoms. The summed E-state index contributed by atoms with van der Waals surface area (Å²) in [5, 5.41) is 11.9. The number of para-hydroxylation sites is 1. The van der Waals surface area contributed by atoms with Gasteiger partial charge in [0.15, 0.2) is 5.82 Å². The molecule has 132 valence electrons. The summed E-state index contributed by atoms with van der Waals surface area (Å²) in [6.45, 7) is 7.27. The Labute approximate surface area is 148 Å². The lowest BCUT2D eigenvalue weighted by Crippen LogP contribution is -2.46. The average Bonchev–Trinajstić information content (AvgIpc) is 3.25. The SMILES string of the molecule is CC(C)C(NC(=O)N1c2ccccc2CC1C)c1nnc2n1CCC2. The number of fused-ring (bicyclic) bond motifs is 2. The maximum absolute atomic E-state index is 13.1. The molecule has 2 atom stereocenters. The quantitative estimate of drug-likeness (QED) is 0.935. The maximum atomic E-state index is 13.1. The molecule has 0 radical (unpaired) electrons. The van der Waals surface area contributed by atoms with E-state index in [1.807, 2.05) is 23.1 Å². The summed E-state index contributed by atoms with van der Waals surface area (Å²) in [4.78, 5) is 15.0. The van der Waals surface area contributed by atoms with Gasteiger partial charge in [0.05, 0.1) is 6.04 Å². The minimum atomic E-state index is -0.133. The third-order valence-electron chi connectivity index (χ3n) is 5.29. The number of rotatable bonds is 3. The van der Waals surface area contributed by atoms with Crippen LogP contribution in [0.1, 0.15) is 50.4 Å². The summed E-state index contributed by atoms with van der Waals surface area (Å²) >= 11 is 0. The van der Waals surface area contributed by atoms with Gasteiger partial charge in [-0.2, -0.15) is 0 Å². The lowest BCUT2D eigenvalue weighted by atomic mass is 10.0. The van der Waals surface area contributed by atoms with Gasteiger partial charge in [-0.25, -0.2) is 4.79 Å². The zero-order valence-electron chi connectivity index (χ0n) is 15.1. The van der Waals surface area contributed by atoms with E-state index < -0.39 is 0 Å². The number of urea groups is 1. The first-order valence-electron chi connectivity index (χ1n) is 9.16. The molecule has 6 heteroatoms. The van der Waals surface area contributed by atoms with Crippen molar-refractivity contribution in [2.75, 3.05) is 4.90 Å². The van der Waals surface area contributed by atoms with Gasteiger partial charge in [0, 0.05) is 24.7 Å². The second-order valence-electron chi connectivity index (χ2n) is 7.45. The molecule has 3 heterocycles. The van der Waals surface area contributed by atoms with Gasteiger partial charge in [0.2, 0.25) is 0 Å². The zero-order valence-corrected chi connectivity index (χ0v) is 15.1. The number of amides is 2. The summed E-state index contributed by atoms with van der Waals surface area (Å²) in [5.74, 6) is 2.16. The van der Waals surface area contributed by atoms with E-state index in [0.29, 0.717) is 0 Å². The topological polar surface area (TPSA) is 63.1 Å². The molecular weight excluding hydrogens is 314 g/mol. The van der Waals surface area contributed by atoms with Crippen LogP contribution in [0, 0.1) is 5.92 Å². The van der Waals surface area contributed by atoms with Gasteiger partial charge in [0.25, 0.3) is 0 Å². The fraction of sp³-hybridized carbons (Fsp3) is 0.526. The van der Waals surface area contributed by atoms with Gasteiger partial charge in [-0.3, -0.25) is 4.90 Å². The van der Waals surface area contributed by atoms with Gasteiger partial charge in [-0.15, -0.1) is 10.2 Å². The van der Waals surface area contributed by atoms with E-state index in [4.69, 9.17) is 0 Å². The summed E-state index contributed by atoms with van der Waals surface area (Å²) in [6, 6.07) is 8.13. The molecule has 2 aromatic rings. The Morgan fingerprint density at radius 2 is 2.08 bits per heavy atom. The molecule has 6 nitrogen and oxygen atoms in total. The minimum Gasteiger partial charge on any atom is -0.327 e. The van der Waals surface area contributed by atoms with Crippen LogP contribution in [0.4, 0.5) is 10.5 Å². The molecule has 0 saturated heterocycles. The third kappa shape index (κ3) is 2.69. The smallest absolute Gasteiger partial charge is 0.322 e. The van der Waals surface area contributed by atoms with E-state index in [1.165, 1.54) is 5.56 Å². The van der Waals surface area contributed by atoms with Crippen LogP contribution >= 0.6 is 0 Å². The van der Waals surface area contributed by atoms with E-state index >= 15 is 0 Å². The van der Waals surface area contributed by atoms with Crippen LogP contribution in [0.2, 0.25) is 0 Å². The van der Waals surface area contributed by atoms with E-state index in [-0.39, 0.29) is 24.0 Å². The number of carbonyl (C=O) groups is 1. The standard InChI is InChI=1S/C19H25N5O/c1-12(2)17(18-22-21-16-9-6-10-23(16)18)20-19(25)24-13(3)11-14-7-4-5-8-15(14)24/h4-5,7-8,12-13,17H,6,9-11H2,1-3H3,(H,20,25). The van der Waals surface area contributed by atoms with Gasteiger partial charge >= 0.3 is 6.03 Å². The highest BCUT2D eigenvalue weighted by Crippen LogP contribution is 2.33. The molecule has 0 aliphatic carbocycles. The Bertz CT molecular complexity index is 797. The van der Waals surface area contributed by atoms with E-state index in [9.17, 15) is 4.79 Å². The molecular formula is C19H25N5O. The molecule has 2 unspecified atom stereocenters. The van der Waals surface area contributed by atoms with Crippen molar-refractivity contribution in [1.29, 1.82) is 0 Å². The van der Waals surface area contributed by atoms with Gasteiger partial charge < -0.3 is 9.88 Å². The van der Waals surface area contributed by atoms with Crippen molar-refractivity contribution in [2.45, 2.75) is 58.7 Å². The Balaban J connectivity index is 1.60. The summed E-state index contributed by atoms with van der Waals surface area (Å²) in [5.41, 5.74) is 2.25. The molecule has 2 aliphatic rings. The van der Waals surface area contributed by atoms with Gasteiger partial charge in [-0.1, -0.05) is 32.0 Å². The van der Waals surface area contributed by atoms with Crippen LogP contribution < -0.4 is 10.2 Å². The third-order valence-corrected chi connectivity index (χ3v) is 5.29. The number of nitrogens with zero attached hydrogens (tertiary/aromatic N) is 4. The Morgan fingerprint density at radius 3 is 2.88 bits per heavy atom. The number of aromatic nitrogens is 3. The van der Waals surface area contributed by atoms with Crippen molar-refractivity contribution < 1.29 is 4.79 Å². The predicted molar refractivity (Wildman–Crippen MR) is 96.5 cm³/mol. The highest BCUT2D eigenvalue weighted by molar-refractivity contribution is 5.95. The first kappa shape index (κ1) is 16.1. The molecule has 1 N–H and O–H groups in total. The number of aryl methyl sites for hydroxylation is 1. The Hall–Kier alpha value is -2.37. The fourth-order valence-corrected chi connectivity index (χ4v) is 4.01. The van der Waals surface area contributed by atoms with Gasteiger partial charge in [-0.05, 0) is 37.3 Å². The molecule has 2 amide bonds. The van der Waals surface area contributed by atoms with E-state index in [2.05, 4.69) is 46.9 Å². The summed E-state index contributed by atoms with van der Waals surface area (Å²) in [7, 11) is 0. The fourth-order valence-electron chi connectivity index (χ4n) is 4.01. The van der Waals surface area contributed by atoms with Crippen molar-refractivity contribution in [3.05, 3.63) is 41.5 Å². The first-order chi connectivity index (χ1) is 12.1. The molecule has 0 saturated carbocycles. The molecule has 1 aromatic carbocycles. The van der Waals surface area contributed by atoms with E-state index in [1.54, 1.807) is 0 Å². The van der Waals surface area contributed by atoms with E-state index in [0.717, 1.165) is 43.1 Å². The molecule has 2 aliphatic heterocycles. The second-order valence-corrected chi connectivity index (χ2v) is 7.45. The number of nitrogens with one attached hydrogen (secondary N) is 1. The maximum Gasteiger partial charge on any atom is 0.322 e. The monoisotopic (exact) mass is 339 g/mol. The molecule has 1 aromatic heterocycles. The van der Waals surface area contributed by atoms with Crippen LogP contribution in [0.3, 0.4) is 0 Å². The van der Waals surface area contributed by atoms with Crippen molar-refractivity contribution >= 4 is 11.7 Å². The number of hydrogen-bond donors (Lipinski definition) is 1. The predicted octanol–water partition coefficient (Wildman–Crippen LogP) is 3.08.